The third-order valence-corrected chi connectivity index (χ3v) is 6.91. The summed E-state index contributed by atoms with van der Waals surface area (Å²) < 4.78 is 15.9. The highest BCUT2D eigenvalue weighted by Gasteiger charge is 2.36. The van der Waals surface area contributed by atoms with Crippen LogP contribution in [0.3, 0.4) is 0 Å². The summed E-state index contributed by atoms with van der Waals surface area (Å²) in [5, 5.41) is 8.57. The molecule has 2 atom stereocenters. The van der Waals surface area contributed by atoms with Crippen molar-refractivity contribution in [2.24, 2.45) is 0 Å². The van der Waals surface area contributed by atoms with Gasteiger partial charge in [0.1, 0.15) is 11.9 Å². The standard InChI is InChI=1S/C22H22Cl2N4O2S/c1-6-8-16(7-2)31(30)27(5)22(29)20-14(4)25-19-11-13(3)26-28(19)21(20)15-9-10-17(23)18(24)12-15/h6-12,21,25H,1-2H2,3-5H3/b16-8+. The first-order chi connectivity index (χ1) is 14.7. The maximum atomic E-state index is 13.6. The largest absolute Gasteiger partial charge is 0.344 e. The molecule has 31 heavy (non-hydrogen) atoms. The summed E-state index contributed by atoms with van der Waals surface area (Å²) in [6.45, 7) is 11.0. The first-order valence-electron chi connectivity index (χ1n) is 9.33. The van der Waals surface area contributed by atoms with E-state index in [1.54, 1.807) is 35.9 Å². The van der Waals surface area contributed by atoms with Crippen LogP contribution in [0.1, 0.15) is 24.2 Å². The van der Waals surface area contributed by atoms with Crippen LogP contribution < -0.4 is 5.32 Å². The van der Waals surface area contributed by atoms with Crippen molar-refractivity contribution in [3.8, 4) is 0 Å². The topological polar surface area (TPSA) is 67.2 Å². The van der Waals surface area contributed by atoms with Gasteiger partial charge in [-0.1, -0.05) is 54.6 Å². The number of nitrogens with one attached hydrogen (secondary N) is 1. The SMILES string of the molecule is C=C/C=C(\C=C)S(=O)N(C)C(=O)C1=C(C)Nc2cc(C)nn2C1c1ccc(Cl)c(Cl)c1. The number of aromatic nitrogens is 2. The van der Waals surface area contributed by atoms with Gasteiger partial charge in [0.15, 0.2) is 11.0 Å². The number of allylic oxidation sites excluding steroid dienone is 4. The zero-order chi connectivity index (χ0) is 22.9. The van der Waals surface area contributed by atoms with Crippen LogP contribution in [0.15, 0.2) is 71.8 Å². The molecule has 0 spiro atoms. The molecule has 162 valence electrons. The van der Waals surface area contributed by atoms with Crippen LogP contribution in [0.2, 0.25) is 10.0 Å². The second-order valence-electron chi connectivity index (χ2n) is 6.92. The monoisotopic (exact) mass is 476 g/mol. The number of nitrogens with zero attached hydrogens (tertiary/aromatic N) is 3. The van der Waals surface area contributed by atoms with Gasteiger partial charge in [-0.15, -0.1) is 0 Å². The molecule has 9 heteroatoms. The number of hydrogen-bond acceptors (Lipinski definition) is 4. The van der Waals surface area contributed by atoms with Crippen molar-refractivity contribution in [3.05, 3.63) is 93.1 Å². The number of likely N-dealkylation sites (N-methyl/N-ethyl adjacent to an activating group) is 1. The van der Waals surface area contributed by atoms with Gasteiger partial charge in [-0.3, -0.25) is 9.10 Å². The van der Waals surface area contributed by atoms with E-state index >= 15 is 0 Å². The Morgan fingerprint density at radius 1 is 1.26 bits per heavy atom. The lowest BCUT2D eigenvalue weighted by molar-refractivity contribution is -0.122. The number of fused-ring (bicyclic) bond motifs is 1. The number of rotatable bonds is 6. The third kappa shape index (κ3) is 4.39. The quantitative estimate of drug-likeness (QED) is 0.584. The van der Waals surface area contributed by atoms with Crippen molar-refractivity contribution in [1.82, 2.24) is 14.1 Å². The Morgan fingerprint density at radius 3 is 2.58 bits per heavy atom. The van der Waals surface area contributed by atoms with Gasteiger partial charge in [-0.05, 0) is 37.6 Å². The van der Waals surface area contributed by atoms with Gasteiger partial charge in [-0.2, -0.15) is 5.10 Å². The second kappa shape index (κ2) is 9.26. The van der Waals surface area contributed by atoms with Crippen molar-refractivity contribution in [2.45, 2.75) is 19.9 Å². The molecule has 1 aromatic heterocycles. The van der Waals surface area contributed by atoms with Crippen molar-refractivity contribution in [3.63, 3.8) is 0 Å². The number of halogens is 2. The fraction of sp³-hybridized carbons (Fsp3) is 0.182. The molecule has 0 saturated carbocycles. The van der Waals surface area contributed by atoms with Gasteiger partial charge < -0.3 is 5.32 Å². The molecule has 1 N–H and O–H groups in total. The number of aryl methyl sites for hydroxylation is 1. The predicted octanol–water partition coefficient (Wildman–Crippen LogP) is 5.17. The maximum Gasteiger partial charge on any atom is 0.265 e. The number of hydrogen-bond donors (Lipinski definition) is 1. The van der Waals surface area contributed by atoms with E-state index in [0.717, 1.165) is 17.1 Å². The molecule has 3 rings (SSSR count). The summed E-state index contributed by atoms with van der Waals surface area (Å²) in [7, 11) is -0.283. The summed E-state index contributed by atoms with van der Waals surface area (Å²) in [6.07, 6.45) is 4.49. The van der Waals surface area contributed by atoms with E-state index in [1.807, 2.05) is 13.0 Å². The fourth-order valence-electron chi connectivity index (χ4n) is 3.38. The average molecular weight is 477 g/mol. The van der Waals surface area contributed by atoms with Crippen LogP contribution in [0.25, 0.3) is 0 Å². The molecule has 0 radical (unpaired) electrons. The van der Waals surface area contributed by atoms with E-state index in [-0.39, 0.29) is 0 Å². The fourth-order valence-corrected chi connectivity index (χ4v) is 4.61. The lowest BCUT2D eigenvalue weighted by Gasteiger charge is -2.31. The van der Waals surface area contributed by atoms with Crippen molar-refractivity contribution >= 4 is 45.9 Å². The lowest BCUT2D eigenvalue weighted by Crippen LogP contribution is -2.37. The zero-order valence-corrected chi connectivity index (χ0v) is 19.7. The minimum absolute atomic E-state index is 0.368. The van der Waals surface area contributed by atoms with Crippen molar-refractivity contribution in [2.75, 3.05) is 12.4 Å². The number of carbonyl (C=O) groups is 1. The Bertz CT molecular complexity index is 1170. The molecule has 1 aliphatic rings. The smallest absolute Gasteiger partial charge is 0.265 e. The molecule has 2 unspecified atom stereocenters. The van der Waals surface area contributed by atoms with Crippen LogP contribution in [-0.2, 0) is 15.8 Å². The first-order valence-corrected chi connectivity index (χ1v) is 11.2. The van der Waals surface area contributed by atoms with Gasteiger partial charge in [0.2, 0.25) is 0 Å². The molecule has 1 aliphatic heterocycles. The van der Waals surface area contributed by atoms with Crippen LogP contribution in [0, 0.1) is 6.92 Å². The van der Waals surface area contributed by atoms with Crippen LogP contribution >= 0.6 is 23.2 Å². The molecule has 6 nitrogen and oxygen atoms in total. The Balaban J connectivity index is 2.13. The van der Waals surface area contributed by atoms with Crippen LogP contribution in [0.5, 0.6) is 0 Å². The van der Waals surface area contributed by atoms with E-state index in [2.05, 4.69) is 23.6 Å². The lowest BCUT2D eigenvalue weighted by atomic mass is 9.95. The maximum absolute atomic E-state index is 13.6. The van der Waals surface area contributed by atoms with E-state index in [4.69, 9.17) is 23.2 Å². The van der Waals surface area contributed by atoms with Gasteiger partial charge in [0.05, 0.1) is 26.2 Å². The van der Waals surface area contributed by atoms with Gasteiger partial charge in [-0.25, -0.2) is 8.89 Å². The number of carbonyl (C=O) groups excluding carboxylic acids is 1. The molecular weight excluding hydrogens is 455 g/mol. The van der Waals surface area contributed by atoms with Crippen molar-refractivity contribution in [1.29, 1.82) is 0 Å². The van der Waals surface area contributed by atoms with Crippen LogP contribution in [0.4, 0.5) is 5.82 Å². The number of anilines is 1. The van der Waals surface area contributed by atoms with E-state index in [9.17, 15) is 9.00 Å². The van der Waals surface area contributed by atoms with Gasteiger partial charge in [0.25, 0.3) is 5.91 Å². The number of amides is 1. The highest BCUT2D eigenvalue weighted by molar-refractivity contribution is 7.87. The summed E-state index contributed by atoms with van der Waals surface area (Å²) in [5.41, 5.74) is 2.54. The van der Waals surface area contributed by atoms with Gasteiger partial charge in [0, 0.05) is 18.8 Å². The minimum Gasteiger partial charge on any atom is -0.344 e. The summed E-state index contributed by atoms with van der Waals surface area (Å²) in [5.74, 6) is 0.319. The zero-order valence-electron chi connectivity index (χ0n) is 17.4. The molecule has 0 bridgehead atoms. The van der Waals surface area contributed by atoms with E-state index < -0.39 is 22.9 Å². The highest BCUT2D eigenvalue weighted by Crippen LogP contribution is 2.39. The predicted molar refractivity (Wildman–Crippen MR) is 127 cm³/mol. The second-order valence-corrected chi connectivity index (χ2v) is 9.25. The van der Waals surface area contributed by atoms with Crippen molar-refractivity contribution < 1.29 is 9.00 Å². The number of benzene rings is 1. The Kier molecular flexibility index (Phi) is 6.89. The first kappa shape index (κ1) is 23.1. The molecule has 2 heterocycles. The highest BCUT2D eigenvalue weighted by atomic mass is 35.5. The molecule has 2 aromatic rings. The minimum atomic E-state index is -1.76. The van der Waals surface area contributed by atoms with E-state index in [1.165, 1.54) is 23.5 Å². The molecular formula is C22H22Cl2N4O2S. The molecule has 0 saturated heterocycles. The summed E-state index contributed by atoms with van der Waals surface area (Å²) in [4.78, 5) is 13.9. The molecule has 0 fully saturated rings. The van der Waals surface area contributed by atoms with E-state index in [0.29, 0.717) is 26.2 Å². The normalized spacial score (nSPS) is 16.9. The third-order valence-electron chi connectivity index (χ3n) is 4.80. The Hall–Kier alpha value is -2.61. The summed E-state index contributed by atoms with van der Waals surface area (Å²) in [6, 6.07) is 6.50. The van der Waals surface area contributed by atoms with Crippen LogP contribution in [-0.4, -0.2) is 31.2 Å². The average Bonchev–Trinajstić information content (AvgIpc) is 3.10. The molecule has 1 amide bonds. The Labute approximate surface area is 194 Å². The Morgan fingerprint density at radius 2 is 1.97 bits per heavy atom. The molecule has 0 aliphatic carbocycles. The summed E-state index contributed by atoms with van der Waals surface area (Å²) >= 11 is 12.4. The molecule has 1 aromatic carbocycles. The van der Waals surface area contributed by atoms with Gasteiger partial charge >= 0.3 is 0 Å².